The number of hydrogen-bond donors (Lipinski definition) is 3. The molecule has 0 fully saturated rings. The Hall–Kier alpha value is -2.09. The predicted molar refractivity (Wildman–Crippen MR) is 66.6 cm³/mol. The van der Waals surface area contributed by atoms with E-state index in [2.05, 4.69) is 10.3 Å². The molecule has 0 aliphatic rings. The monoisotopic (exact) mass is 276 g/mol. The first-order chi connectivity index (χ1) is 8.72. The summed E-state index contributed by atoms with van der Waals surface area (Å²) < 4.78 is 36.9. The van der Waals surface area contributed by atoms with E-state index in [9.17, 15) is 18.0 Å². The van der Waals surface area contributed by atoms with Gasteiger partial charge in [-0.1, -0.05) is 6.07 Å². The number of halogens is 3. The van der Waals surface area contributed by atoms with E-state index in [0.717, 1.165) is 12.1 Å². The molecule has 8 heteroatoms. The van der Waals surface area contributed by atoms with Crippen LogP contribution in [0.5, 0.6) is 0 Å². The first-order valence-corrected chi connectivity index (χ1v) is 5.12. The van der Waals surface area contributed by atoms with Crippen LogP contribution in [-0.2, 0) is 6.18 Å². The second-order valence-electron chi connectivity index (χ2n) is 3.42. The van der Waals surface area contributed by atoms with E-state index in [1.54, 1.807) is 0 Å². The molecule has 1 amide bonds. The van der Waals surface area contributed by atoms with Crippen LogP contribution in [0.2, 0.25) is 0 Å². The number of nitrogens with zero attached hydrogens (tertiary/aromatic N) is 1. The normalized spacial score (nSPS) is 10.2. The molecule has 0 saturated carbocycles. The Kier molecular flexibility index (Phi) is 6.56. The number of guanidine groups is 1. The molecular formula is C11H15F3N4O. The van der Waals surface area contributed by atoms with E-state index in [1.165, 1.54) is 6.07 Å². The average molecular weight is 276 g/mol. The molecule has 0 heterocycles. The van der Waals surface area contributed by atoms with Gasteiger partial charge in [0.05, 0.1) is 5.56 Å². The lowest BCUT2D eigenvalue weighted by molar-refractivity contribution is -0.137. The summed E-state index contributed by atoms with van der Waals surface area (Å²) in [5, 5.41) is 2.75. The molecule has 19 heavy (non-hydrogen) atoms. The van der Waals surface area contributed by atoms with Gasteiger partial charge in [-0.25, -0.2) is 0 Å². The van der Waals surface area contributed by atoms with Crippen molar-refractivity contribution in [2.45, 2.75) is 6.18 Å². The second kappa shape index (κ2) is 7.37. The zero-order valence-corrected chi connectivity index (χ0v) is 10.5. The van der Waals surface area contributed by atoms with Crippen molar-refractivity contribution >= 4 is 11.9 Å². The summed E-state index contributed by atoms with van der Waals surface area (Å²) in [6, 6.07) is 3.85. The minimum Gasteiger partial charge on any atom is -0.370 e. The van der Waals surface area contributed by atoms with Crippen molar-refractivity contribution in [2.75, 3.05) is 14.1 Å². The van der Waals surface area contributed by atoms with Crippen molar-refractivity contribution in [3.8, 4) is 0 Å². The van der Waals surface area contributed by atoms with E-state index in [0.29, 0.717) is 6.07 Å². The maximum atomic E-state index is 12.3. The predicted octanol–water partition coefficient (Wildman–Crippen LogP) is 0.955. The van der Waals surface area contributed by atoms with Gasteiger partial charge < -0.3 is 16.8 Å². The third-order valence-corrected chi connectivity index (χ3v) is 1.67. The maximum Gasteiger partial charge on any atom is 0.416 e. The minimum atomic E-state index is -4.51. The van der Waals surface area contributed by atoms with Crippen LogP contribution in [0.1, 0.15) is 15.9 Å². The molecule has 1 rings (SSSR count). The molecule has 0 unspecified atom stereocenters. The molecule has 0 aromatic heterocycles. The van der Waals surface area contributed by atoms with Gasteiger partial charge in [-0.3, -0.25) is 4.79 Å². The third-order valence-electron chi connectivity index (χ3n) is 1.67. The van der Waals surface area contributed by atoms with Crippen molar-refractivity contribution in [1.82, 2.24) is 5.32 Å². The van der Waals surface area contributed by atoms with Gasteiger partial charge in [-0.15, -0.1) is 0 Å². The summed E-state index contributed by atoms with van der Waals surface area (Å²) in [7, 11) is 3.75. The van der Waals surface area contributed by atoms with E-state index < -0.39 is 23.6 Å². The number of nitrogens with two attached hydrogens (primary N) is 2. The van der Waals surface area contributed by atoms with E-state index in [-0.39, 0.29) is 5.56 Å². The summed E-state index contributed by atoms with van der Waals surface area (Å²) in [5.74, 6) is -1.41. The molecule has 0 radical (unpaired) electrons. The fraction of sp³-hybridized carbons (Fsp3) is 0.273. The largest absolute Gasteiger partial charge is 0.416 e. The Morgan fingerprint density at radius 3 is 2.21 bits per heavy atom. The minimum absolute atomic E-state index is 0.219. The molecule has 5 nitrogen and oxygen atoms in total. The van der Waals surface area contributed by atoms with Crippen LogP contribution in [0.4, 0.5) is 13.2 Å². The van der Waals surface area contributed by atoms with Crippen molar-refractivity contribution in [1.29, 1.82) is 0 Å². The summed E-state index contributed by atoms with van der Waals surface area (Å²) in [6.07, 6.45) is -4.51. The smallest absolute Gasteiger partial charge is 0.370 e. The maximum absolute atomic E-state index is 12.3. The lowest BCUT2D eigenvalue weighted by atomic mass is 10.1. The highest BCUT2D eigenvalue weighted by Gasteiger charge is 2.30. The van der Waals surface area contributed by atoms with Gasteiger partial charge in [0.1, 0.15) is 0 Å². The van der Waals surface area contributed by atoms with Crippen molar-refractivity contribution in [2.24, 2.45) is 16.5 Å². The Balaban J connectivity index is 0.000000982. The number of carbonyl (C=O) groups excluding carboxylic acids is 1. The molecule has 0 spiro atoms. The number of aliphatic imine (C=N–C) groups is 1. The molecule has 106 valence electrons. The number of rotatable bonds is 1. The fourth-order valence-corrected chi connectivity index (χ4v) is 1.01. The highest BCUT2D eigenvalue weighted by Crippen LogP contribution is 2.29. The highest BCUT2D eigenvalue weighted by atomic mass is 19.4. The summed E-state index contributed by atoms with van der Waals surface area (Å²) in [6.45, 7) is 0. The van der Waals surface area contributed by atoms with Crippen LogP contribution in [0.25, 0.3) is 0 Å². The molecule has 0 aliphatic heterocycles. The number of benzene rings is 1. The van der Waals surface area contributed by atoms with Crippen LogP contribution in [0.15, 0.2) is 29.3 Å². The summed E-state index contributed by atoms with van der Waals surface area (Å²) in [4.78, 5) is 14.4. The average Bonchev–Trinajstić information content (AvgIpc) is 2.28. The van der Waals surface area contributed by atoms with Crippen LogP contribution >= 0.6 is 0 Å². The van der Waals surface area contributed by atoms with Gasteiger partial charge in [-0.2, -0.15) is 18.2 Å². The first kappa shape index (κ1) is 16.9. The zero-order chi connectivity index (χ0) is 15.1. The Bertz CT molecular complexity index is 453. The summed E-state index contributed by atoms with van der Waals surface area (Å²) >= 11 is 0. The molecule has 0 saturated heterocycles. The van der Waals surface area contributed by atoms with Crippen LogP contribution in [0, 0.1) is 0 Å². The van der Waals surface area contributed by atoms with E-state index in [1.807, 2.05) is 14.1 Å². The number of alkyl halides is 3. The van der Waals surface area contributed by atoms with Crippen molar-refractivity contribution < 1.29 is 18.0 Å². The summed E-state index contributed by atoms with van der Waals surface area (Å²) in [5.41, 5.74) is 8.73. The van der Waals surface area contributed by atoms with E-state index >= 15 is 0 Å². The van der Waals surface area contributed by atoms with Crippen molar-refractivity contribution in [3.05, 3.63) is 35.4 Å². The molecule has 5 N–H and O–H groups in total. The number of amides is 1. The van der Waals surface area contributed by atoms with Gasteiger partial charge in [0, 0.05) is 5.56 Å². The number of carbonyl (C=O) groups is 1. The first-order valence-electron chi connectivity index (χ1n) is 5.12. The molecule has 0 bridgehead atoms. The Morgan fingerprint density at radius 1 is 1.26 bits per heavy atom. The number of nitrogens with one attached hydrogen (secondary N) is 1. The van der Waals surface area contributed by atoms with Gasteiger partial charge in [0.2, 0.25) is 0 Å². The zero-order valence-electron chi connectivity index (χ0n) is 10.5. The van der Waals surface area contributed by atoms with Crippen LogP contribution in [-0.4, -0.2) is 26.0 Å². The quantitative estimate of drug-likeness (QED) is 0.526. The van der Waals surface area contributed by atoms with Crippen LogP contribution < -0.4 is 16.8 Å². The number of hydrogen-bond acceptors (Lipinski definition) is 2. The third kappa shape index (κ3) is 6.41. The Morgan fingerprint density at radius 2 is 1.79 bits per heavy atom. The standard InChI is InChI=1S/C9H8F3N3O.C2H7N/c10-9(11,12)6-3-1-2-5(4-6)7(16)15-8(13)14;1-3-2/h1-4H,(H4,13,14,15,16);3H,1-2H3. The molecule has 0 atom stereocenters. The van der Waals surface area contributed by atoms with Gasteiger partial charge in [0.15, 0.2) is 5.96 Å². The lowest BCUT2D eigenvalue weighted by Crippen LogP contribution is -2.24. The molecule has 1 aromatic rings. The van der Waals surface area contributed by atoms with Gasteiger partial charge in [-0.05, 0) is 32.3 Å². The van der Waals surface area contributed by atoms with Gasteiger partial charge >= 0.3 is 6.18 Å². The van der Waals surface area contributed by atoms with Crippen LogP contribution in [0.3, 0.4) is 0 Å². The topological polar surface area (TPSA) is 93.5 Å². The van der Waals surface area contributed by atoms with E-state index in [4.69, 9.17) is 11.5 Å². The van der Waals surface area contributed by atoms with Gasteiger partial charge in [0.25, 0.3) is 5.91 Å². The lowest BCUT2D eigenvalue weighted by Gasteiger charge is -2.06. The Labute approximate surface area is 108 Å². The highest BCUT2D eigenvalue weighted by molar-refractivity contribution is 6.01. The fourth-order valence-electron chi connectivity index (χ4n) is 1.01. The molecule has 1 aromatic carbocycles. The second-order valence-corrected chi connectivity index (χ2v) is 3.42. The van der Waals surface area contributed by atoms with Crippen molar-refractivity contribution in [3.63, 3.8) is 0 Å². The molecular weight excluding hydrogens is 261 g/mol. The SMILES string of the molecule is CNC.NC(N)=NC(=O)c1cccc(C(F)(F)F)c1. The molecule has 0 aliphatic carbocycles.